The predicted molar refractivity (Wildman–Crippen MR) is 93.8 cm³/mol. The minimum absolute atomic E-state index is 0.00710. The molecule has 0 radical (unpaired) electrons. The zero-order chi connectivity index (χ0) is 19.6. The Hall–Kier alpha value is -3.01. The number of carbonyl (C=O) groups is 1. The molecular formula is C17H13F3N4O2S. The van der Waals surface area contributed by atoms with Crippen LogP contribution in [0.25, 0.3) is 5.57 Å². The topological polar surface area (TPSA) is 68.2 Å². The van der Waals surface area contributed by atoms with E-state index in [1.807, 2.05) is 0 Å². The van der Waals surface area contributed by atoms with Gasteiger partial charge in [-0.15, -0.1) is 10.2 Å². The van der Waals surface area contributed by atoms with E-state index in [1.54, 1.807) is 13.8 Å². The van der Waals surface area contributed by atoms with Gasteiger partial charge in [0.25, 0.3) is 5.91 Å². The van der Waals surface area contributed by atoms with E-state index < -0.39 is 18.3 Å². The number of ether oxygens (including phenoxy) is 1. The molecule has 6 nitrogen and oxygen atoms in total. The highest BCUT2D eigenvalue weighted by Gasteiger charge is 2.27. The zero-order valence-corrected chi connectivity index (χ0v) is 15.0. The van der Waals surface area contributed by atoms with Gasteiger partial charge in [-0.3, -0.25) is 14.7 Å². The Morgan fingerprint density at radius 2 is 2.04 bits per heavy atom. The second-order valence-electron chi connectivity index (χ2n) is 5.42. The van der Waals surface area contributed by atoms with E-state index in [0.717, 1.165) is 6.08 Å². The summed E-state index contributed by atoms with van der Waals surface area (Å²) in [7, 11) is 0. The van der Waals surface area contributed by atoms with Gasteiger partial charge in [0.15, 0.2) is 0 Å². The van der Waals surface area contributed by atoms with E-state index in [4.69, 9.17) is 0 Å². The average molecular weight is 394 g/mol. The summed E-state index contributed by atoms with van der Waals surface area (Å²) in [5.41, 5.74) is 0.274. The van der Waals surface area contributed by atoms with Crippen molar-refractivity contribution in [1.29, 1.82) is 0 Å². The van der Waals surface area contributed by atoms with Crippen molar-refractivity contribution < 1.29 is 22.7 Å². The lowest BCUT2D eigenvalue weighted by molar-refractivity contribution is -0.0908. The van der Waals surface area contributed by atoms with Gasteiger partial charge in [0, 0.05) is 23.7 Å². The van der Waals surface area contributed by atoms with Crippen LogP contribution < -0.4 is 4.90 Å². The minimum Gasteiger partial charge on any atom is -0.434 e. The Bertz CT molecular complexity index is 969. The molecule has 2 aromatic heterocycles. The van der Waals surface area contributed by atoms with E-state index in [1.165, 1.54) is 40.8 Å². The average Bonchev–Trinajstić information content (AvgIpc) is 3.05. The van der Waals surface area contributed by atoms with Crippen molar-refractivity contribution in [1.82, 2.24) is 15.2 Å². The summed E-state index contributed by atoms with van der Waals surface area (Å²) in [6.07, 6.45) is 5.15. The van der Waals surface area contributed by atoms with E-state index in [-0.39, 0.29) is 28.2 Å². The number of alkyl halides is 2. The number of amides is 1. The largest absolute Gasteiger partial charge is 0.434 e. The molecule has 140 valence electrons. The first kappa shape index (κ1) is 18.8. The number of carbonyl (C=O) groups excluding carboxylic acids is 1. The zero-order valence-electron chi connectivity index (χ0n) is 14.2. The second-order valence-corrected chi connectivity index (χ2v) is 6.58. The van der Waals surface area contributed by atoms with Crippen molar-refractivity contribution in [3.8, 4) is 0 Å². The van der Waals surface area contributed by atoms with Crippen LogP contribution in [0.4, 0.5) is 18.3 Å². The number of aromatic nitrogens is 3. The van der Waals surface area contributed by atoms with Crippen molar-refractivity contribution in [2.45, 2.75) is 20.5 Å². The Morgan fingerprint density at radius 1 is 1.26 bits per heavy atom. The number of rotatable bonds is 3. The van der Waals surface area contributed by atoms with Crippen LogP contribution >= 0.6 is 11.3 Å². The van der Waals surface area contributed by atoms with Crippen molar-refractivity contribution in [2.75, 3.05) is 4.90 Å². The standard InChI is InChI=1S/C17H13F3N4O2S/c1-9-6-11-12(7-18)14(26-16(19)20)4-3-5-24(15(25)13(11)8-21-9)17-23-22-10(2)27-17/h3-8,16H,1-2H3/b5-3-,12-7?,14-4+. The predicted octanol–water partition coefficient (Wildman–Crippen LogP) is 4.16. The maximum Gasteiger partial charge on any atom is 0.387 e. The molecule has 0 fully saturated rings. The van der Waals surface area contributed by atoms with E-state index in [9.17, 15) is 18.0 Å². The third-order valence-electron chi connectivity index (χ3n) is 3.57. The second kappa shape index (κ2) is 7.70. The SMILES string of the molecule is Cc1cc2c(cn1)C(=O)N(c1nnc(C)s1)/C=C\C=C(\OC(F)F)C2=CF. The monoisotopic (exact) mass is 394 g/mol. The molecule has 3 heterocycles. The summed E-state index contributed by atoms with van der Waals surface area (Å²) in [6.45, 7) is 0.196. The summed E-state index contributed by atoms with van der Waals surface area (Å²) in [6, 6.07) is 1.43. The van der Waals surface area contributed by atoms with E-state index >= 15 is 0 Å². The first-order valence-corrected chi connectivity index (χ1v) is 8.47. The number of allylic oxidation sites excluding steroid dienone is 3. The van der Waals surface area contributed by atoms with Crippen LogP contribution in [0.1, 0.15) is 26.6 Å². The molecule has 0 spiro atoms. The van der Waals surface area contributed by atoms with Gasteiger partial charge in [0.1, 0.15) is 10.8 Å². The fourth-order valence-corrected chi connectivity index (χ4v) is 3.10. The molecule has 0 saturated carbocycles. The van der Waals surface area contributed by atoms with Gasteiger partial charge in [-0.05, 0) is 32.1 Å². The molecule has 10 heteroatoms. The van der Waals surface area contributed by atoms with Crippen LogP contribution in [-0.2, 0) is 4.74 Å². The molecule has 0 saturated heterocycles. The number of pyridine rings is 1. The summed E-state index contributed by atoms with van der Waals surface area (Å²) >= 11 is 1.17. The lowest BCUT2D eigenvalue weighted by Gasteiger charge is -2.17. The molecule has 1 amide bonds. The number of anilines is 1. The molecule has 0 bridgehead atoms. The van der Waals surface area contributed by atoms with Gasteiger partial charge in [0.05, 0.1) is 17.5 Å². The van der Waals surface area contributed by atoms with Crippen molar-refractivity contribution in [3.63, 3.8) is 0 Å². The molecular weight excluding hydrogens is 381 g/mol. The van der Waals surface area contributed by atoms with Crippen molar-refractivity contribution in [3.05, 3.63) is 64.5 Å². The van der Waals surface area contributed by atoms with E-state index in [2.05, 4.69) is 19.9 Å². The molecule has 3 rings (SSSR count). The number of fused-ring (bicyclic) bond motifs is 1. The normalized spacial score (nSPS) is 19.2. The number of hydrogen-bond donors (Lipinski definition) is 0. The number of aryl methyl sites for hydroxylation is 2. The van der Waals surface area contributed by atoms with Crippen LogP contribution in [0, 0.1) is 13.8 Å². The van der Waals surface area contributed by atoms with E-state index in [0.29, 0.717) is 10.7 Å². The van der Waals surface area contributed by atoms with Crippen LogP contribution in [0.15, 0.2) is 42.7 Å². The summed E-state index contributed by atoms with van der Waals surface area (Å²) in [4.78, 5) is 18.3. The fraction of sp³-hybridized carbons (Fsp3) is 0.176. The van der Waals surface area contributed by atoms with Gasteiger partial charge >= 0.3 is 6.61 Å². The van der Waals surface area contributed by atoms with Crippen molar-refractivity contribution in [2.24, 2.45) is 0 Å². The number of nitrogens with zero attached hydrogens (tertiary/aromatic N) is 4. The molecule has 2 aromatic rings. The third kappa shape index (κ3) is 3.90. The molecule has 0 unspecified atom stereocenters. The highest BCUT2D eigenvalue weighted by Crippen LogP contribution is 2.32. The van der Waals surface area contributed by atoms with Crippen LogP contribution in [0.5, 0.6) is 0 Å². The minimum atomic E-state index is -3.16. The first-order chi connectivity index (χ1) is 12.9. The molecule has 0 N–H and O–H groups in total. The molecule has 1 aliphatic heterocycles. The molecule has 0 atom stereocenters. The fourth-order valence-electron chi connectivity index (χ4n) is 2.43. The van der Waals surface area contributed by atoms with Gasteiger partial charge in [-0.2, -0.15) is 8.78 Å². The van der Waals surface area contributed by atoms with Gasteiger partial charge in [0.2, 0.25) is 5.13 Å². The first-order valence-electron chi connectivity index (χ1n) is 7.65. The Labute approximate surface area is 156 Å². The summed E-state index contributed by atoms with van der Waals surface area (Å²) < 4.78 is 43.7. The summed E-state index contributed by atoms with van der Waals surface area (Å²) in [5.74, 6) is -0.977. The van der Waals surface area contributed by atoms with Crippen LogP contribution in [0.2, 0.25) is 0 Å². The Balaban J connectivity index is 2.22. The number of hydrogen-bond acceptors (Lipinski definition) is 6. The Kier molecular flexibility index (Phi) is 5.36. The molecule has 1 aliphatic rings. The molecule has 0 aliphatic carbocycles. The van der Waals surface area contributed by atoms with Crippen molar-refractivity contribution >= 4 is 27.9 Å². The number of halogens is 3. The van der Waals surface area contributed by atoms with Gasteiger partial charge < -0.3 is 4.74 Å². The highest BCUT2D eigenvalue weighted by molar-refractivity contribution is 7.15. The van der Waals surface area contributed by atoms with Crippen LogP contribution in [-0.4, -0.2) is 27.7 Å². The quantitative estimate of drug-likeness (QED) is 0.782. The Morgan fingerprint density at radius 3 is 2.67 bits per heavy atom. The lowest BCUT2D eigenvalue weighted by atomic mass is 9.99. The molecule has 0 aromatic carbocycles. The van der Waals surface area contributed by atoms with Gasteiger partial charge in [-0.25, -0.2) is 4.39 Å². The highest BCUT2D eigenvalue weighted by atomic mass is 32.1. The van der Waals surface area contributed by atoms with Gasteiger partial charge in [-0.1, -0.05) is 11.3 Å². The molecule has 27 heavy (non-hydrogen) atoms. The lowest BCUT2D eigenvalue weighted by Crippen LogP contribution is -2.26. The van der Waals surface area contributed by atoms with Crippen LogP contribution in [0.3, 0.4) is 0 Å². The smallest absolute Gasteiger partial charge is 0.387 e. The maximum absolute atomic E-state index is 13.7. The maximum atomic E-state index is 13.7. The summed E-state index contributed by atoms with van der Waals surface area (Å²) in [5, 5.41) is 8.71. The third-order valence-corrected chi connectivity index (χ3v) is 4.41.